The first kappa shape index (κ1) is 22.0. The fraction of sp³-hybridized carbons (Fsp3) is 0.294. The van der Waals surface area contributed by atoms with Gasteiger partial charge in [-0.3, -0.25) is 0 Å². The first-order valence-corrected chi connectivity index (χ1v) is 11.1. The molecule has 0 saturated heterocycles. The van der Waals surface area contributed by atoms with Crippen LogP contribution in [0.1, 0.15) is 22.1 Å². The summed E-state index contributed by atoms with van der Waals surface area (Å²) in [5.41, 5.74) is 0.923. The second-order valence-corrected chi connectivity index (χ2v) is 10.3. The lowest BCUT2D eigenvalue weighted by molar-refractivity contribution is -0.134. The van der Waals surface area contributed by atoms with Crippen LogP contribution < -0.4 is 8.92 Å². The number of ether oxygens (including phenoxy) is 1. The van der Waals surface area contributed by atoms with Crippen LogP contribution >= 0.6 is 31.9 Å². The van der Waals surface area contributed by atoms with Crippen LogP contribution in [0, 0.1) is 0 Å². The third-order valence-electron chi connectivity index (χ3n) is 3.23. The molecule has 0 aliphatic carbocycles. The van der Waals surface area contributed by atoms with E-state index < -0.39 is 34.9 Å². The largest absolute Gasteiger partial charge is 0.457 e. The monoisotopic (exact) mass is 530 g/mol. The molecule has 0 bridgehead atoms. The summed E-state index contributed by atoms with van der Waals surface area (Å²) in [4.78, 5) is 0. The minimum absolute atomic E-state index is 0.0328. The Morgan fingerprint density at radius 2 is 1.56 bits per heavy atom. The maximum atomic E-state index is 12.1. The number of benzene rings is 2. The van der Waals surface area contributed by atoms with E-state index in [-0.39, 0.29) is 9.49 Å². The van der Waals surface area contributed by atoms with Crippen molar-refractivity contribution in [2.24, 2.45) is 0 Å². The molecular formula is C17H15Br2F3O4S. The Morgan fingerprint density at radius 3 is 2.19 bits per heavy atom. The summed E-state index contributed by atoms with van der Waals surface area (Å²) in [7, 11) is -4.13. The molecule has 0 atom stereocenters. The molecule has 148 valence electrons. The van der Waals surface area contributed by atoms with Crippen molar-refractivity contribution in [3.63, 3.8) is 0 Å². The van der Waals surface area contributed by atoms with Gasteiger partial charge in [0.05, 0.1) is 9.49 Å². The first-order chi connectivity index (χ1) is 12.5. The number of hydrogen-bond donors (Lipinski definition) is 0. The van der Waals surface area contributed by atoms with E-state index in [2.05, 4.69) is 31.9 Å². The summed E-state index contributed by atoms with van der Waals surface area (Å²) in [5, 5.41) is 0. The zero-order valence-corrected chi connectivity index (χ0v) is 17.7. The molecule has 0 spiro atoms. The van der Waals surface area contributed by atoms with Crippen LogP contribution in [0.3, 0.4) is 0 Å². The van der Waals surface area contributed by atoms with Gasteiger partial charge in [-0.15, -0.1) is 0 Å². The average Bonchev–Trinajstić information content (AvgIpc) is 2.53. The molecular weight excluding hydrogens is 517 g/mol. The number of hydrogen-bond acceptors (Lipinski definition) is 4. The Bertz CT molecular complexity index is 870. The minimum atomic E-state index is -4.40. The second kappa shape index (κ2) is 9.29. The Labute approximate surface area is 172 Å². The van der Waals surface area contributed by atoms with Crippen LogP contribution in [0.15, 0.2) is 48.5 Å². The van der Waals surface area contributed by atoms with Crippen molar-refractivity contribution >= 4 is 42.0 Å². The fourth-order valence-electron chi connectivity index (χ4n) is 2.08. The van der Waals surface area contributed by atoms with Crippen molar-refractivity contribution in [3.05, 3.63) is 54.1 Å². The molecule has 0 unspecified atom stereocenters. The van der Waals surface area contributed by atoms with E-state index in [4.69, 9.17) is 8.92 Å². The van der Waals surface area contributed by atoms with Crippen LogP contribution in [-0.2, 0) is 10.1 Å². The number of rotatable bonds is 8. The third-order valence-corrected chi connectivity index (χ3v) is 5.52. The Balaban J connectivity index is 2.03. The molecule has 2 rings (SSSR count). The topological polar surface area (TPSA) is 52.6 Å². The SMILES string of the molecule is O=S(=O)(CCCC(F)(F)F)Oc1cccc(Oc2cccc(C(Br)Br)c2)c1. The minimum Gasteiger partial charge on any atom is -0.457 e. The van der Waals surface area contributed by atoms with Gasteiger partial charge >= 0.3 is 16.3 Å². The third kappa shape index (κ3) is 8.10. The smallest absolute Gasteiger partial charge is 0.389 e. The highest BCUT2D eigenvalue weighted by Gasteiger charge is 2.27. The molecule has 0 amide bonds. The number of halogens is 5. The maximum Gasteiger partial charge on any atom is 0.389 e. The van der Waals surface area contributed by atoms with Gasteiger partial charge in [-0.25, -0.2) is 0 Å². The van der Waals surface area contributed by atoms with E-state index >= 15 is 0 Å². The first-order valence-electron chi connectivity index (χ1n) is 7.69. The van der Waals surface area contributed by atoms with Crippen molar-refractivity contribution in [2.75, 3.05) is 5.75 Å². The standard InChI is InChI=1S/C17H15Br2F3O4S/c18-16(19)12-4-1-5-13(10-12)25-14-6-2-7-15(11-14)26-27(23,24)9-3-8-17(20,21)22/h1-2,4-7,10-11,16H,3,8-9H2. The van der Waals surface area contributed by atoms with Gasteiger partial charge in [-0.05, 0) is 36.2 Å². The molecule has 10 heteroatoms. The van der Waals surface area contributed by atoms with E-state index in [0.717, 1.165) is 5.56 Å². The average molecular weight is 532 g/mol. The summed E-state index contributed by atoms with van der Waals surface area (Å²) < 4.78 is 70.6. The van der Waals surface area contributed by atoms with Crippen LogP contribution in [0.5, 0.6) is 17.2 Å². The van der Waals surface area contributed by atoms with Crippen molar-refractivity contribution in [1.82, 2.24) is 0 Å². The van der Waals surface area contributed by atoms with Crippen molar-refractivity contribution in [1.29, 1.82) is 0 Å². The molecule has 27 heavy (non-hydrogen) atoms. The molecule has 0 N–H and O–H groups in total. The molecule has 0 aliphatic heterocycles. The van der Waals surface area contributed by atoms with Crippen LogP contribution in [-0.4, -0.2) is 20.3 Å². The lowest BCUT2D eigenvalue weighted by Gasteiger charge is -2.11. The van der Waals surface area contributed by atoms with Gasteiger partial charge in [0.15, 0.2) is 0 Å². The van der Waals surface area contributed by atoms with Crippen LogP contribution in [0.4, 0.5) is 13.2 Å². The van der Waals surface area contributed by atoms with Gasteiger partial charge in [0, 0.05) is 12.5 Å². The quantitative estimate of drug-likeness (QED) is 0.295. The Morgan fingerprint density at radius 1 is 0.963 bits per heavy atom. The second-order valence-electron chi connectivity index (χ2n) is 5.51. The maximum absolute atomic E-state index is 12.1. The highest BCUT2D eigenvalue weighted by Crippen LogP contribution is 2.33. The Hall–Kier alpha value is -1.26. The lowest BCUT2D eigenvalue weighted by atomic mass is 10.2. The Kier molecular flexibility index (Phi) is 7.58. The van der Waals surface area contributed by atoms with Crippen molar-refractivity contribution in [2.45, 2.75) is 22.8 Å². The van der Waals surface area contributed by atoms with Crippen molar-refractivity contribution in [3.8, 4) is 17.2 Å². The van der Waals surface area contributed by atoms with E-state index in [1.165, 1.54) is 18.2 Å². The van der Waals surface area contributed by atoms with Gasteiger partial charge in [0.25, 0.3) is 0 Å². The molecule has 0 aromatic heterocycles. The van der Waals surface area contributed by atoms with Gasteiger partial charge in [-0.2, -0.15) is 21.6 Å². The normalized spacial score (nSPS) is 12.2. The summed E-state index contributed by atoms with van der Waals surface area (Å²) in [6, 6.07) is 13.1. The summed E-state index contributed by atoms with van der Waals surface area (Å²) in [6.45, 7) is 0. The molecule has 2 aromatic carbocycles. The molecule has 0 aliphatic rings. The summed E-state index contributed by atoms with van der Waals surface area (Å²) in [6.07, 6.45) is -6.15. The highest BCUT2D eigenvalue weighted by atomic mass is 79.9. The molecule has 0 radical (unpaired) electrons. The molecule has 4 nitrogen and oxygen atoms in total. The van der Waals surface area contributed by atoms with Crippen molar-refractivity contribution < 1.29 is 30.5 Å². The van der Waals surface area contributed by atoms with Gasteiger partial charge in [0.2, 0.25) is 0 Å². The van der Waals surface area contributed by atoms with Gasteiger partial charge in [0.1, 0.15) is 17.2 Å². The predicted molar refractivity (Wildman–Crippen MR) is 103 cm³/mol. The molecule has 0 fully saturated rings. The lowest BCUT2D eigenvalue weighted by Crippen LogP contribution is -2.16. The van der Waals surface area contributed by atoms with Gasteiger partial charge < -0.3 is 8.92 Å². The van der Waals surface area contributed by atoms with Gasteiger partial charge in [-0.1, -0.05) is 50.1 Å². The van der Waals surface area contributed by atoms with Crippen LogP contribution in [0.2, 0.25) is 0 Å². The zero-order valence-electron chi connectivity index (χ0n) is 13.7. The number of alkyl halides is 5. The van der Waals surface area contributed by atoms with E-state index in [1.807, 2.05) is 6.07 Å². The predicted octanol–water partition coefficient (Wildman–Crippen LogP) is 6.32. The summed E-state index contributed by atoms with van der Waals surface area (Å²) in [5.74, 6) is 0.101. The van der Waals surface area contributed by atoms with E-state index in [0.29, 0.717) is 11.5 Å². The van der Waals surface area contributed by atoms with Crippen LogP contribution in [0.25, 0.3) is 0 Å². The summed E-state index contributed by atoms with van der Waals surface area (Å²) >= 11 is 6.77. The van der Waals surface area contributed by atoms with E-state index in [1.54, 1.807) is 24.3 Å². The molecule has 2 aromatic rings. The van der Waals surface area contributed by atoms with E-state index in [9.17, 15) is 21.6 Å². The molecule has 0 heterocycles. The highest BCUT2D eigenvalue weighted by molar-refractivity contribution is 9.24. The fourth-order valence-corrected chi connectivity index (χ4v) is 3.62. The molecule has 0 saturated carbocycles. The zero-order chi connectivity index (χ0) is 20.1.